The highest BCUT2D eigenvalue weighted by Gasteiger charge is 2.24. The van der Waals surface area contributed by atoms with Crippen molar-refractivity contribution in [3.63, 3.8) is 0 Å². The highest BCUT2D eigenvalue weighted by Crippen LogP contribution is 2.41. The topological polar surface area (TPSA) is 77.5 Å². The maximum absolute atomic E-state index is 12.6. The second kappa shape index (κ2) is 6.46. The summed E-state index contributed by atoms with van der Waals surface area (Å²) in [7, 11) is -2.35. The number of nitrogens with zero attached hydrogens (tertiary/aromatic N) is 1. The number of anilines is 1. The summed E-state index contributed by atoms with van der Waals surface area (Å²) >= 11 is 7.28. The van der Waals surface area contributed by atoms with Crippen LogP contribution in [0.15, 0.2) is 47.4 Å². The number of thiazole rings is 1. The summed E-state index contributed by atoms with van der Waals surface area (Å²) in [4.78, 5) is 5.35. The Balaban J connectivity index is 1.66. The highest BCUT2D eigenvalue weighted by atomic mass is 35.5. The van der Waals surface area contributed by atoms with Crippen LogP contribution in [0.25, 0.3) is 11.3 Å². The van der Waals surface area contributed by atoms with Gasteiger partial charge < -0.3 is 9.47 Å². The van der Waals surface area contributed by atoms with E-state index in [1.54, 1.807) is 0 Å². The van der Waals surface area contributed by atoms with Gasteiger partial charge in [-0.3, -0.25) is 4.72 Å². The lowest BCUT2D eigenvalue weighted by atomic mass is 10.1. The molecule has 2 aromatic carbocycles. The van der Waals surface area contributed by atoms with Crippen LogP contribution in [-0.2, 0) is 16.6 Å². The van der Waals surface area contributed by atoms with E-state index < -0.39 is 10.0 Å². The van der Waals surface area contributed by atoms with Gasteiger partial charge in [0.1, 0.15) is 18.1 Å². The summed E-state index contributed by atoms with van der Waals surface area (Å²) in [6.45, 7) is 0.361. The van der Waals surface area contributed by atoms with E-state index in [1.165, 1.54) is 36.6 Å². The number of halogens is 1. The van der Waals surface area contributed by atoms with Gasteiger partial charge in [-0.1, -0.05) is 35.1 Å². The number of fused-ring (bicyclic) bond motifs is 3. The van der Waals surface area contributed by atoms with Crippen LogP contribution in [0, 0.1) is 0 Å². The molecule has 3 aromatic rings. The average molecular weight is 409 g/mol. The number of hydrogen-bond acceptors (Lipinski definition) is 6. The van der Waals surface area contributed by atoms with Crippen molar-refractivity contribution in [2.24, 2.45) is 0 Å². The molecule has 4 rings (SSSR count). The number of para-hydroxylation sites is 1. The monoisotopic (exact) mass is 408 g/mol. The first kappa shape index (κ1) is 17.1. The van der Waals surface area contributed by atoms with Gasteiger partial charge in [-0.15, -0.1) is 0 Å². The Hall–Kier alpha value is -2.29. The van der Waals surface area contributed by atoms with E-state index in [0.717, 1.165) is 21.9 Å². The molecule has 0 saturated heterocycles. The molecule has 1 aliphatic heterocycles. The van der Waals surface area contributed by atoms with Gasteiger partial charge in [0.15, 0.2) is 5.13 Å². The van der Waals surface area contributed by atoms with Crippen molar-refractivity contribution >= 4 is 38.1 Å². The standard InChI is InChI=1S/C17H13ClN2O4S2/c1-23-14-7-6-10(8-12(14)18)26(21,22)20-17-19-16-11-4-2-3-5-13(11)24-9-15(16)25-17/h2-8H,9H2,1H3,(H,19,20). The molecule has 0 saturated carbocycles. The van der Waals surface area contributed by atoms with Crippen molar-refractivity contribution in [2.75, 3.05) is 11.8 Å². The molecule has 9 heteroatoms. The van der Waals surface area contributed by atoms with Crippen molar-refractivity contribution < 1.29 is 17.9 Å². The average Bonchev–Trinajstić information content (AvgIpc) is 3.03. The van der Waals surface area contributed by atoms with Gasteiger partial charge in [0.25, 0.3) is 10.0 Å². The van der Waals surface area contributed by atoms with Crippen LogP contribution in [0.5, 0.6) is 11.5 Å². The predicted octanol–water partition coefficient (Wildman–Crippen LogP) is 4.17. The van der Waals surface area contributed by atoms with E-state index in [-0.39, 0.29) is 15.0 Å². The SMILES string of the molecule is COc1ccc(S(=O)(=O)Nc2nc3c(s2)COc2ccccc2-3)cc1Cl. The molecule has 26 heavy (non-hydrogen) atoms. The number of methoxy groups -OCH3 is 1. The first-order valence-electron chi connectivity index (χ1n) is 7.56. The molecular formula is C17H13ClN2O4S2. The van der Waals surface area contributed by atoms with Crippen LogP contribution in [-0.4, -0.2) is 20.5 Å². The molecule has 1 N–H and O–H groups in total. The molecule has 134 valence electrons. The molecule has 1 aromatic heterocycles. The lowest BCUT2D eigenvalue weighted by molar-refractivity contribution is 0.305. The van der Waals surface area contributed by atoms with E-state index in [9.17, 15) is 8.42 Å². The second-order valence-corrected chi connectivity index (χ2v) is 8.65. The normalized spacial score (nSPS) is 12.7. The molecular weight excluding hydrogens is 396 g/mol. The molecule has 0 bridgehead atoms. The third-order valence-corrected chi connectivity index (χ3v) is 6.56. The lowest BCUT2D eigenvalue weighted by Gasteiger charge is -2.15. The lowest BCUT2D eigenvalue weighted by Crippen LogP contribution is -2.12. The van der Waals surface area contributed by atoms with Gasteiger partial charge in [0, 0.05) is 5.56 Å². The van der Waals surface area contributed by atoms with Gasteiger partial charge in [-0.05, 0) is 30.3 Å². The maximum Gasteiger partial charge on any atom is 0.263 e. The van der Waals surface area contributed by atoms with E-state index in [1.807, 2.05) is 24.3 Å². The third-order valence-electron chi connectivity index (χ3n) is 3.85. The zero-order valence-corrected chi connectivity index (χ0v) is 15.9. The minimum Gasteiger partial charge on any atom is -0.495 e. The quantitative estimate of drug-likeness (QED) is 0.701. The van der Waals surface area contributed by atoms with Crippen molar-refractivity contribution in [1.82, 2.24) is 4.98 Å². The van der Waals surface area contributed by atoms with Crippen molar-refractivity contribution in [3.05, 3.63) is 52.4 Å². The molecule has 6 nitrogen and oxygen atoms in total. The van der Waals surface area contributed by atoms with E-state index in [4.69, 9.17) is 21.1 Å². The van der Waals surface area contributed by atoms with Crippen molar-refractivity contribution in [1.29, 1.82) is 0 Å². The fraction of sp³-hybridized carbons (Fsp3) is 0.118. The number of ether oxygens (including phenoxy) is 2. The molecule has 2 heterocycles. The number of aromatic nitrogens is 1. The van der Waals surface area contributed by atoms with Gasteiger partial charge in [-0.25, -0.2) is 13.4 Å². The molecule has 0 spiro atoms. The van der Waals surface area contributed by atoms with Gasteiger partial charge in [0.2, 0.25) is 0 Å². The maximum atomic E-state index is 12.6. The summed E-state index contributed by atoms with van der Waals surface area (Å²) in [6, 6.07) is 11.8. The third kappa shape index (κ3) is 3.00. The summed E-state index contributed by atoms with van der Waals surface area (Å²) in [5.41, 5.74) is 1.59. The zero-order chi connectivity index (χ0) is 18.3. The van der Waals surface area contributed by atoms with Crippen LogP contribution in [0.3, 0.4) is 0 Å². The van der Waals surface area contributed by atoms with Crippen LogP contribution in [0.4, 0.5) is 5.13 Å². The molecule has 0 atom stereocenters. The smallest absolute Gasteiger partial charge is 0.263 e. The van der Waals surface area contributed by atoms with Gasteiger partial charge in [0.05, 0.1) is 27.6 Å². The Bertz CT molecular complexity index is 1100. The molecule has 0 aliphatic carbocycles. The Morgan fingerprint density at radius 1 is 1.27 bits per heavy atom. The Labute approximate surface area is 159 Å². The molecule has 1 aliphatic rings. The minimum absolute atomic E-state index is 0.0353. The fourth-order valence-electron chi connectivity index (χ4n) is 2.62. The van der Waals surface area contributed by atoms with E-state index >= 15 is 0 Å². The zero-order valence-electron chi connectivity index (χ0n) is 13.5. The van der Waals surface area contributed by atoms with Crippen molar-refractivity contribution in [2.45, 2.75) is 11.5 Å². The fourth-order valence-corrected chi connectivity index (χ4v) is 5.10. The minimum atomic E-state index is -3.82. The largest absolute Gasteiger partial charge is 0.495 e. The number of hydrogen-bond donors (Lipinski definition) is 1. The number of benzene rings is 2. The van der Waals surface area contributed by atoms with E-state index in [0.29, 0.717) is 12.4 Å². The summed E-state index contributed by atoms with van der Waals surface area (Å²) in [5.74, 6) is 1.14. The van der Waals surface area contributed by atoms with Gasteiger partial charge in [-0.2, -0.15) is 0 Å². The highest BCUT2D eigenvalue weighted by molar-refractivity contribution is 7.93. The van der Waals surface area contributed by atoms with Crippen LogP contribution < -0.4 is 14.2 Å². The molecule has 0 unspecified atom stereocenters. The Morgan fingerprint density at radius 2 is 2.08 bits per heavy atom. The van der Waals surface area contributed by atoms with Crippen LogP contribution >= 0.6 is 22.9 Å². The first-order valence-corrected chi connectivity index (χ1v) is 10.2. The summed E-state index contributed by atoms with van der Waals surface area (Å²) in [5, 5.41) is 0.498. The van der Waals surface area contributed by atoms with Gasteiger partial charge >= 0.3 is 0 Å². The molecule has 0 radical (unpaired) electrons. The van der Waals surface area contributed by atoms with Crippen LogP contribution in [0.1, 0.15) is 4.88 Å². The number of sulfonamides is 1. The predicted molar refractivity (Wildman–Crippen MR) is 101 cm³/mol. The summed E-state index contributed by atoms with van der Waals surface area (Å²) in [6.07, 6.45) is 0. The first-order chi connectivity index (χ1) is 12.5. The summed E-state index contributed by atoms with van der Waals surface area (Å²) < 4.78 is 38.5. The molecule has 0 fully saturated rings. The van der Waals surface area contributed by atoms with Crippen molar-refractivity contribution in [3.8, 4) is 22.8 Å². The van der Waals surface area contributed by atoms with Crippen LogP contribution in [0.2, 0.25) is 5.02 Å². The molecule has 0 amide bonds. The second-order valence-electron chi connectivity index (χ2n) is 5.48. The Kier molecular flexibility index (Phi) is 4.26. The number of nitrogens with one attached hydrogen (secondary N) is 1. The number of rotatable bonds is 4. The Morgan fingerprint density at radius 3 is 2.85 bits per heavy atom. The van der Waals surface area contributed by atoms with E-state index in [2.05, 4.69) is 9.71 Å².